The number of hydrogen-bond donors (Lipinski definition) is 0. The maximum Gasteiger partial charge on any atom is 0.214 e. The van der Waals surface area contributed by atoms with Gasteiger partial charge in [0.1, 0.15) is 0 Å². The number of nitrogens with zero attached hydrogens (tertiary/aromatic N) is 1. The Kier molecular flexibility index (Phi) is 5.54. The molecule has 96 valence electrons. The van der Waals surface area contributed by atoms with E-state index in [9.17, 15) is 8.42 Å². The molecule has 1 aliphatic rings. The first kappa shape index (κ1) is 14.3. The summed E-state index contributed by atoms with van der Waals surface area (Å²) in [5.41, 5.74) is 0. The number of halogens is 1. The van der Waals surface area contributed by atoms with Gasteiger partial charge in [-0.05, 0) is 45.4 Å². The van der Waals surface area contributed by atoms with Crippen LogP contribution in [0.15, 0.2) is 0 Å². The molecule has 1 rings (SSSR count). The average molecular weight is 268 g/mol. The van der Waals surface area contributed by atoms with Gasteiger partial charge in [-0.1, -0.05) is 0 Å². The molecule has 0 heterocycles. The van der Waals surface area contributed by atoms with Gasteiger partial charge in [-0.15, -0.1) is 11.6 Å². The van der Waals surface area contributed by atoms with Gasteiger partial charge in [0, 0.05) is 18.5 Å². The molecule has 16 heavy (non-hydrogen) atoms. The number of sulfonamides is 1. The number of hydrogen-bond acceptors (Lipinski definition) is 2. The normalized spacial score (nSPS) is 17.3. The third kappa shape index (κ3) is 4.60. The largest absolute Gasteiger partial charge is 0.214 e. The zero-order valence-electron chi connectivity index (χ0n) is 10.2. The highest BCUT2D eigenvalue weighted by atomic mass is 35.5. The van der Waals surface area contributed by atoms with Gasteiger partial charge in [0.05, 0.1) is 5.75 Å². The van der Waals surface area contributed by atoms with Crippen molar-refractivity contribution in [3.05, 3.63) is 0 Å². The molecule has 0 saturated heterocycles. The monoisotopic (exact) mass is 267 g/mol. The van der Waals surface area contributed by atoms with Gasteiger partial charge in [-0.2, -0.15) is 4.31 Å². The highest BCUT2D eigenvalue weighted by molar-refractivity contribution is 7.89. The van der Waals surface area contributed by atoms with E-state index in [4.69, 9.17) is 11.6 Å². The van der Waals surface area contributed by atoms with Crippen molar-refractivity contribution in [1.29, 1.82) is 0 Å². The summed E-state index contributed by atoms with van der Waals surface area (Å²) in [7, 11) is -3.07. The fraction of sp³-hybridized carbons (Fsp3) is 1.00. The van der Waals surface area contributed by atoms with Crippen molar-refractivity contribution >= 4 is 21.6 Å². The molecule has 0 radical (unpaired) electrons. The molecule has 0 aromatic carbocycles. The number of rotatable bonds is 8. The summed E-state index contributed by atoms with van der Waals surface area (Å²) in [6.45, 7) is 4.60. The van der Waals surface area contributed by atoms with Crippen molar-refractivity contribution in [1.82, 2.24) is 4.31 Å². The molecule has 1 aliphatic carbocycles. The summed E-state index contributed by atoms with van der Waals surface area (Å²) in [5, 5.41) is 0. The van der Waals surface area contributed by atoms with Gasteiger partial charge in [0.2, 0.25) is 10.0 Å². The minimum absolute atomic E-state index is 0.0709. The fourth-order valence-corrected chi connectivity index (χ4v) is 3.77. The molecule has 1 saturated carbocycles. The lowest BCUT2D eigenvalue weighted by molar-refractivity contribution is 0.341. The minimum Gasteiger partial charge on any atom is -0.212 e. The molecule has 0 N–H and O–H groups in total. The molecule has 0 spiro atoms. The first-order valence-electron chi connectivity index (χ1n) is 6.03. The van der Waals surface area contributed by atoms with Gasteiger partial charge < -0.3 is 0 Å². The summed E-state index contributed by atoms with van der Waals surface area (Å²) in [6, 6.07) is 0.0709. The van der Waals surface area contributed by atoms with Crippen LogP contribution < -0.4 is 0 Å². The van der Waals surface area contributed by atoms with Crippen molar-refractivity contribution in [3.63, 3.8) is 0 Å². The second-order valence-electron chi connectivity index (χ2n) is 4.82. The van der Waals surface area contributed by atoms with Gasteiger partial charge in [0.25, 0.3) is 0 Å². The number of unbranched alkanes of at least 4 members (excludes halogenated alkanes) is 1. The fourth-order valence-electron chi connectivity index (χ4n) is 1.70. The van der Waals surface area contributed by atoms with Crippen LogP contribution in [-0.2, 0) is 10.0 Å². The Morgan fingerprint density at radius 2 is 1.94 bits per heavy atom. The standard InChI is InChI=1S/C11H22ClNO2S/c1-10(2)13(9-11-5-6-11)16(14,15)8-4-3-7-12/h10-11H,3-9H2,1-2H3. The van der Waals surface area contributed by atoms with Gasteiger partial charge >= 0.3 is 0 Å². The van der Waals surface area contributed by atoms with Gasteiger partial charge in [-0.25, -0.2) is 8.42 Å². The van der Waals surface area contributed by atoms with Crippen LogP contribution in [0.2, 0.25) is 0 Å². The SMILES string of the molecule is CC(C)N(CC1CC1)S(=O)(=O)CCCCCl. The van der Waals surface area contributed by atoms with E-state index in [1.54, 1.807) is 4.31 Å². The van der Waals surface area contributed by atoms with Crippen LogP contribution in [0.25, 0.3) is 0 Å². The van der Waals surface area contributed by atoms with E-state index in [2.05, 4.69) is 0 Å². The van der Waals surface area contributed by atoms with Gasteiger partial charge in [-0.3, -0.25) is 0 Å². The van der Waals surface area contributed by atoms with Gasteiger partial charge in [0.15, 0.2) is 0 Å². The van der Waals surface area contributed by atoms with Crippen molar-refractivity contribution in [2.24, 2.45) is 5.92 Å². The molecule has 0 atom stereocenters. The first-order valence-corrected chi connectivity index (χ1v) is 8.17. The lowest BCUT2D eigenvalue weighted by Crippen LogP contribution is -2.39. The Labute approximate surface area is 104 Å². The van der Waals surface area contributed by atoms with E-state index in [1.807, 2.05) is 13.8 Å². The highest BCUT2D eigenvalue weighted by Crippen LogP contribution is 2.31. The maximum absolute atomic E-state index is 12.1. The minimum atomic E-state index is -3.07. The summed E-state index contributed by atoms with van der Waals surface area (Å²) < 4.78 is 25.9. The Morgan fingerprint density at radius 1 is 1.31 bits per heavy atom. The van der Waals surface area contributed by atoms with Crippen LogP contribution in [0.4, 0.5) is 0 Å². The average Bonchev–Trinajstić information content (AvgIpc) is 2.97. The summed E-state index contributed by atoms with van der Waals surface area (Å²) in [6.07, 6.45) is 3.80. The predicted octanol–water partition coefficient (Wildman–Crippen LogP) is 2.46. The zero-order valence-corrected chi connectivity index (χ0v) is 11.7. The molecule has 0 unspecified atom stereocenters. The second kappa shape index (κ2) is 6.22. The molecular weight excluding hydrogens is 246 g/mol. The van der Waals surface area contributed by atoms with Crippen LogP contribution >= 0.6 is 11.6 Å². The van der Waals surface area contributed by atoms with Crippen molar-refractivity contribution < 1.29 is 8.42 Å². The number of alkyl halides is 1. The van der Waals surface area contributed by atoms with E-state index >= 15 is 0 Å². The smallest absolute Gasteiger partial charge is 0.212 e. The van der Waals surface area contributed by atoms with Crippen LogP contribution in [-0.4, -0.2) is 36.9 Å². The van der Waals surface area contributed by atoms with Crippen LogP contribution in [0.5, 0.6) is 0 Å². The summed E-state index contributed by atoms with van der Waals surface area (Å²) >= 11 is 5.56. The molecule has 3 nitrogen and oxygen atoms in total. The van der Waals surface area contributed by atoms with E-state index in [1.165, 1.54) is 12.8 Å². The van der Waals surface area contributed by atoms with Crippen LogP contribution in [0.3, 0.4) is 0 Å². The Bertz CT molecular complexity index is 299. The second-order valence-corrected chi connectivity index (χ2v) is 7.24. The highest BCUT2D eigenvalue weighted by Gasteiger charge is 2.31. The van der Waals surface area contributed by atoms with E-state index in [0.717, 1.165) is 6.42 Å². The Balaban J connectivity index is 2.52. The molecule has 0 bridgehead atoms. The maximum atomic E-state index is 12.1. The Morgan fingerprint density at radius 3 is 2.38 bits per heavy atom. The van der Waals surface area contributed by atoms with E-state index in [-0.39, 0.29) is 11.8 Å². The van der Waals surface area contributed by atoms with Crippen molar-refractivity contribution in [2.75, 3.05) is 18.2 Å². The summed E-state index contributed by atoms with van der Waals surface area (Å²) in [4.78, 5) is 0. The first-order chi connectivity index (χ1) is 7.47. The van der Waals surface area contributed by atoms with Crippen molar-refractivity contribution in [2.45, 2.75) is 45.6 Å². The van der Waals surface area contributed by atoms with Crippen LogP contribution in [0.1, 0.15) is 39.5 Å². The summed E-state index contributed by atoms with van der Waals surface area (Å²) in [5.74, 6) is 1.38. The molecule has 5 heteroatoms. The molecule has 0 aromatic heterocycles. The third-order valence-corrected chi connectivity index (χ3v) is 5.21. The van der Waals surface area contributed by atoms with E-state index < -0.39 is 10.0 Å². The zero-order chi connectivity index (χ0) is 12.2. The Hall–Kier alpha value is 0.200. The molecule has 0 aromatic rings. The van der Waals surface area contributed by atoms with E-state index in [0.29, 0.717) is 24.8 Å². The topological polar surface area (TPSA) is 37.4 Å². The third-order valence-electron chi connectivity index (χ3n) is 2.85. The molecule has 0 aliphatic heterocycles. The van der Waals surface area contributed by atoms with Crippen LogP contribution in [0, 0.1) is 5.92 Å². The molecule has 0 amide bonds. The molecular formula is C11H22ClNO2S. The lowest BCUT2D eigenvalue weighted by atomic mass is 10.3. The lowest BCUT2D eigenvalue weighted by Gasteiger charge is -2.25. The molecule has 1 fully saturated rings. The van der Waals surface area contributed by atoms with Crippen molar-refractivity contribution in [3.8, 4) is 0 Å². The quantitative estimate of drug-likeness (QED) is 0.500. The predicted molar refractivity (Wildman–Crippen MR) is 68.3 cm³/mol.